The lowest BCUT2D eigenvalue weighted by molar-refractivity contribution is -0.151. The molecule has 1 aliphatic heterocycles. The van der Waals surface area contributed by atoms with Crippen molar-refractivity contribution < 1.29 is 19.7 Å². The first-order valence-electron chi connectivity index (χ1n) is 5.93. The van der Waals surface area contributed by atoms with Crippen LogP contribution in [0.15, 0.2) is 24.3 Å². The van der Waals surface area contributed by atoms with E-state index in [4.69, 9.17) is 4.74 Å². The van der Waals surface area contributed by atoms with Gasteiger partial charge in [-0.3, -0.25) is 4.79 Å². The molecule has 1 fully saturated rings. The van der Waals surface area contributed by atoms with Gasteiger partial charge in [-0.1, -0.05) is 12.1 Å². The van der Waals surface area contributed by atoms with Gasteiger partial charge in [-0.25, -0.2) is 0 Å². The van der Waals surface area contributed by atoms with Crippen LogP contribution < -0.4 is 5.32 Å². The Labute approximate surface area is 105 Å². The molecular formula is C13H17NO4. The average Bonchev–Trinajstić information content (AvgIpc) is 2.64. The van der Waals surface area contributed by atoms with Crippen LogP contribution in [0.3, 0.4) is 0 Å². The first-order valence-corrected chi connectivity index (χ1v) is 5.93. The van der Waals surface area contributed by atoms with Gasteiger partial charge in [-0.15, -0.1) is 0 Å². The summed E-state index contributed by atoms with van der Waals surface area (Å²) in [6.45, 7) is 1.75. The maximum Gasteiger partial charge on any atom is 0.303 e. The molecule has 18 heavy (non-hydrogen) atoms. The summed E-state index contributed by atoms with van der Waals surface area (Å²) < 4.78 is 5.13. The van der Waals surface area contributed by atoms with Crippen molar-refractivity contribution in [3.05, 3.63) is 29.8 Å². The first kappa shape index (κ1) is 12.9. The van der Waals surface area contributed by atoms with Gasteiger partial charge in [0.25, 0.3) is 0 Å². The molecule has 1 aromatic carbocycles. The molecule has 3 atom stereocenters. The summed E-state index contributed by atoms with van der Waals surface area (Å²) in [7, 11) is 0. The number of carbonyl (C=O) groups excluding carboxylic acids is 1. The molecular weight excluding hydrogens is 234 g/mol. The number of aromatic hydroxyl groups is 1. The normalized spacial score (nSPS) is 27.1. The van der Waals surface area contributed by atoms with Gasteiger partial charge in [0.2, 0.25) is 0 Å². The van der Waals surface area contributed by atoms with Crippen LogP contribution in [-0.2, 0) is 16.0 Å². The fourth-order valence-corrected chi connectivity index (χ4v) is 2.20. The van der Waals surface area contributed by atoms with Gasteiger partial charge < -0.3 is 20.3 Å². The maximum absolute atomic E-state index is 11.0. The number of aliphatic hydroxyl groups is 1. The molecule has 0 spiro atoms. The van der Waals surface area contributed by atoms with Crippen LogP contribution in [0.5, 0.6) is 5.75 Å². The number of phenols is 1. The molecule has 0 aliphatic carbocycles. The van der Waals surface area contributed by atoms with Crippen LogP contribution in [0, 0.1) is 0 Å². The van der Waals surface area contributed by atoms with E-state index in [0.717, 1.165) is 5.56 Å². The molecule has 2 rings (SSSR count). The van der Waals surface area contributed by atoms with E-state index in [1.54, 1.807) is 12.1 Å². The Hall–Kier alpha value is -1.59. The second kappa shape index (κ2) is 5.37. The van der Waals surface area contributed by atoms with E-state index in [1.807, 2.05) is 12.1 Å². The zero-order chi connectivity index (χ0) is 13.1. The van der Waals surface area contributed by atoms with Gasteiger partial charge in [0.15, 0.2) is 0 Å². The van der Waals surface area contributed by atoms with E-state index in [0.29, 0.717) is 13.0 Å². The van der Waals surface area contributed by atoms with Crippen molar-refractivity contribution in [3.63, 3.8) is 0 Å². The average molecular weight is 251 g/mol. The molecule has 3 N–H and O–H groups in total. The zero-order valence-corrected chi connectivity index (χ0v) is 10.2. The molecule has 5 heteroatoms. The second-order valence-corrected chi connectivity index (χ2v) is 4.53. The van der Waals surface area contributed by atoms with Crippen LogP contribution in [0.1, 0.15) is 12.5 Å². The van der Waals surface area contributed by atoms with Gasteiger partial charge in [0, 0.05) is 13.5 Å². The van der Waals surface area contributed by atoms with Crippen molar-refractivity contribution in [2.45, 2.75) is 31.6 Å². The number of nitrogens with one attached hydrogen (secondary N) is 1. The number of hydrogen-bond acceptors (Lipinski definition) is 5. The second-order valence-electron chi connectivity index (χ2n) is 4.53. The topological polar surface area (TPSA) is 78.8 Å². The smallest absolute Gasteiger partial charge is 0.303 e. The highest BCUT2D eigenvalue weighted by Gasteiger charge is 2.37. The molecule has 0 aromatic heterocycles. The summed E-state index contributed by atoms with van der Waals surface area (Å²) >= 11 is 0. The molecule has 1 aromatic rings. The lowest BCUT2D eigenvalue weighted by atomic mass is 10.0. The monoisotopic (exact) mass is 251 g/mol. The molecule has 1 saturated heterocycles. The van der Waals surface area contributed by atoms with Gasteiger partial charge in [-0.2, -0.15) is 0 Å². The van der Waals surface area contributed by atoms with Crippen molar-refractivity contribution in [1.82, 2.24) is 5.32 Å². The highest BCUT2D eigenvalue weighted by molar-refractivity contribution is 5.66. The van der Waals surface area contributed by atoms with E-state index < -0.39 is 18.2 Å². The van der Waals surface area contributed by atoms with Crippen LogP contribution in [-0.4, -0.2) is 41.0 Å². The molecule has 0 unspecified atom stereocenters. The number of aliphatic hydroxyl groups excluding tert-OH is 1. The highest BCUT2D eigenvalue weighted by Crippen LogP contribution is 2.18. The number of benzene rings is 1. The number of hydrogen-bond donors (Lipinski definition) is 3. The zero-order valence-electron chi connectivity index (χ0n) is 10.2. The Bertz CT molecular complexity index is 418. The van der Waals surface area contributed by atoms with Crippen LogP contribution >= 0.6 is 0 Å². The Morgan fingerprint density at radius 1 is 1.44 bits per heavy atom. The predicted molar refractivity (Wildman–Crippen MR) is 65.2 cm³/mol. The fraction of sp³-hybridized carbons (Fsp3) is 0.462. The van der Waals surface area contributed by atoms with Gasteiger partial charge in [-0.05, 0) is 24.1 Å². The Balaban J connectivity index is 2.03. The maximum atomic E-state index is 11.0. The molecule has 98 valence electrons. The minimum Gasteiger partial charge on any atom is -0.508 e. The molecule has 0 amide bonds. The quantitative estimate of drug-likeness (QED) is 0.669. The number of rotatable bonds is 3. The SMILES string of the molecule is CC(=O)O[C@@H]1[C@H](O)CN[C@H]1Cc1ccc(O)cc1. The number of ether oxygens (including phenoxy) is 1. The molecule has 0 radical (unpaired) electrons. The number of carbonyl (C=O) groups is 1. The number of phenolic OH excluding ortho intramolecular Hbond substituents is 1. The third kappa shape index (κ3) is 3.00. The summed E-state index contributed by atoms with van der Waals surface area (Å²) in [5, 5.41) is 22.1. The van der Waals surface area contributed by atoms with Gasteiger partial charge in [0.05, 0.1) is 6.04 Å². The Morgan fingerprint density at radius 3 is 2.72 bits per heavy atom. The largest absolute Gasteiger partial charge is 0.508 e. The lowest BCUT2D eigenvalue weighted by Crippen LogP contribution is -2.38. The minimum atomic E-state index is -0.670. The van der Waals surface area contributed by atoms with Crippen LogP contribution in [0.25, 0.3) is 0 Å². The standard InChI is InChI=1S/C13H17NO4/c1-8(15)18-13-11(14-7-12(13)17)6-9-2-4-10(16)5-3-9/h2-5,11-14,16-17H,6-7H2,1H3/t11-,12+,13-/m0/s1. The van der Waals surface area contributed by atoms with Crippen molar-refractivity contribution in [3.8, 4) is 5.75 Å². The fourth-order valence-electron chi connectivity index (χ4n) is 2.20. The molecule has 1 aliphatic rings. The molecule has 0 saturated carbocycles. The summed E-state index contributed by atoms with van der Waals surface area (Å²) in [6, 6.07) is 6.75. The van der Waals surface area contributed by atoms with E-state index in [1.165, 1.54) is 6.92 Å². The van der Waals surface area contributed by atoms with Crippen LogP contribution in [0.2, 0.25) is 0 Å². The first-order chi connectivity index (χ1) is 8.56. The summed E-state index contributed by atoms with van der Waals surface area (Å²) in [6.07, 6.45) is -0.553. The van der Waals surface area contributed by atoms with E-state index >= 15 is 0 Å². The van der Waals surface area contributed by atoms with Crippen molar-refractivity contribution in [2.24, 2.45) is 0 Å². The molecule has 0 bridgehead atoms. The third-order valence-electron chi connectivity index (χ3n) is 3.06. The van der Waals surface area contributed by atoms with Crippen molar-refractivity contribution >= 4 is 5.97 Å². The summed E-state index contributed by atoms with van der Waals surface area (Å²) in [5.41, 5.74) is 1.01. The highest BCUT2D eigenvalue weighted by atomic mass is 16.6. The van der Waals surface area contributed by atoms with E-state index in [9.17, 15) is 15.0 Å². The molecule has 5 nitrogen and oxygen atoms in total. The third-order valence-corrected chi connectivity index (χ3v) is 3.06. The Morgan fingerprint density at radius 2 is 2.11 bits per heavy atom. The van der Waals surface area contributed by atoms with Gasteiger partial charge >= 0.3 is 5.97 Å². The lowest BCUT2D eigenvalue weighted by Gasteiger charge is -2.21. The number of β-amino-alcohol motifs (C(OH)–C–C–N with tert-alkyl or cyclic N) is 1. The Kier molecular flexibility index (Phi) is 3.84. The van der Waals surface area contributed by atoms with Crippen LogP contribution in [0.4, 0.5) is 0 Å². The minimum absolute atomic E-state index is 0.103. The summed E-state index contributed by atoms with van der Waals surface area (Å²) in [4.78, 5) is 11.0. The summed E-state index contributed by atoms with van der Waals surface area (Å²) in [5.74, 6) is -0.173. The molecule has 1 heterocycles. The van der Waals surface area contributed by atoms with Crippen molar-refractivity contribution in [1.29, 1.82) is 0 Å². The predicted octanol–water partition coefficient (Wildman–Crippen LogP) is 0.199. The number of esters is 1. The van der Waals surface area contributed by atoms with E-state index in [-0.39, 0.29) is 11.8 Å². The van der Waals surface area contributed by atoms with E-state index in [2.05, 4.69) is 5.32 Å². The van der Waals surface area contributed by atoms with Gasteiger partial charge in [0.1, 0.15) is 18.0 Å². The van der Waals surface area contributed by atoms with Crippen molar-refractivity contribution in [2.75, 3.05) is 6.54 Å².